The van der Waals surface area contributed by atoms with Crippen molar-refractivity contribution in [2.24, 2.45) is 0 Å². The second-order valence-electron chi connectivity index (χ2n) is 3.47. The first-order valence-corrected chi connectivity index (χ1v) is 5.24. The van der Waals surface area contributed by atoms with Gasteiger partial charge in [-0.25, -0.2) is 0 Å². The number of hydrogen-bond donors (Lipinski definition) is 2. The molecule has 0 bridgehead atoms. The van der Waals surface area contributed by atoms with Crippen molar-refractivity contribution in [1.29, 1.82) is 0 Å². The van der Waals surface area contributed by atoms with Crippen molar-refractivity contribution < 1.29 is 0 Å². The lowest BCUT2D eigenvalue weighted by atomic mass is 10.2. The molecule has 1 heterocycles. The number of pyridine rings is 1. The Kier molecular flexibility index (Phi) is 2.97. The molecule has 2 aromatic rings. The molecule has 2 rings (SSSR count). The number of rotatable bonds is 3. The molecule has 0 spiro atoms. The zero-order valence-electron chi connectivity index (χ0n) is 8.59. The largest absolute Gasteiger partial charge is 0.367 e. The zero-order valence-corrected chi connectivity index (χ0v) is 9.34. The van der Waals surface area contributed by atoms with Gasteiger partial charge in [0, 0.05) is 10.4 Å². The van der Waals surface area contributed by atoms with Crippen molar-refractivity contribution in [3.63, 3.8) is 0 Å². The number of nitrogens with one attached hydrogen (secondary N) is 2. The fourth-order valence-electron chi connectivity index (χ4n) is 1.50. The van der Waals surface area contributed by atoms with E-state index in [1.807, 2.05) is 24.3 Å². The molecule has 0 fully saturated rings. The van der Waals surface area contributed by atoms with E-state index in [9.17, 15) is 4.79 Å². The first-order valence-electron chi connectivity index (χ1n) is 4.86. The van der Waals surface area contributed by atoms with Gasteiger partial charge < -0.3 is 10.3 Å². The van der Waals surface area contributed by atoms with Gasteiger partial charge in [-0.1, -0.05) is 36.4 Å². The monoisotopic (exact) mass is 234 g/mol. The number of aromatic amines is 1. The standard InChI is InChI=1S/C12H11ClN2O/c1-8(13)7-14-11-6-9-4-2-3-5-10(9)12(16)15-11/h2-6H,1,7H2,(H2,14,15,16). The molecule has 0 radical (unpaired) electrons. The highest BCUT2D eigenvalue weighted by molar-refractivity contribution is 6.29. The third-order valence-electron chi connectivity index (χ3n) is 2.22. The third kappa shape index (κ3) is 2.25. The quantitative estimate of drug-likeness (QED) is 0.858. The fourth-order valence-corrected chi connectivity index (χ4v) is 1.56. The van der Waals surface area contributed by atoms with Crippen molar-refractivity contribution in [3.8, 4) is 0 Å². The predicted molar refractivity (Wildman–Crippen MR) is 68.1 cm³/mol. The average molecular weight is 235 g/mol. The number of H-pyrrole nitrogens is 1. The maximum atomic E-state index is 11.7. The van der Waals surface area contributed by atoms with Gasteiger partial charge in [0.15, 0.2) is 0 Å². The summed E-state index contributed by atoms with van der Waals surface area (Å²) in [7, 11) is 0. The van der Waals surface area contributed by atoms with Crippen molar-refractivity contribution in [3.05, 3.63) is 52.3 Å². The van der Waals surface area contributed by atoms with Gasteiger partial charge in [0.25, 0.3) is 5.56 Å². The zero-order chi connectivity index (χ0) is 11.5. The Morgan fingerprint density at radius 3 is 2.94 bits per heavy atom. The second kappa shape index (κ2) is 4.41. The van der Waals surface area contributed by atoms with Crippen LogP contribution >= 0.6 is 11.6 Å². The van der Waals surface area contributed by atoms with Crippen molar-refractivity contribution in [1.82, 2.24) is 4.98 Å². The highest BCUT2D eigenvalue weighted by atomic mass is 35.5. The first kappa shape index (κ1) is 10.8. The lowest BCUT2D eigenvalue weighted by molar-refractivity contribution is 1.20. The van der Waals surface area contributed by atoms with Crippen LogP contribution in [0.3, 0.4) is 0 Å². The average Bonchev–Trinajstić information content (AvgIpc) is 2.26. The molecular weight excluding hydrogens is 224 g/mol. The normalized spacial score (nSPS) is 10.3. The van der Waals surface area contributed by atoms with E-state index in [0.29, 0.717) is 22.8 Å². The number of aromatic nitrogens is 1. The lowest BCUT2D eigenvalue weighted by Gasteiger charge is -2.05. The molecule has 0 aliphatic carbocycles. The third-order valence-corrected chi connectivity index (χ3v) is 2.36. The maximum Gasteiger partial charge on any atom is 0.257 e. The Morgan fingerprint density at radius 2 is 2.19 bits per heavy atom. The first-order chi connectivity index (χ1) is 7.66. The van der Waals surface area contributed by atoms with Gasteiger partial charge in [0.1, 0.15) is 5.82 Å². The molecule has 1 aromatic carbocycles. The molecule has 1 aromatic heterocycles. The fraction of sp³-hybridized carbons (Fsp3) is 0.0833. The highest BCUT2D eigenvalue weighted by Gasteiger charge is 2.00. The van der Waals surface area contributed by atoms with Crippen LogP contribution in [0, 0.1) is 0 Å². The summed E-state index contributed by atoms with van der Waals surface area (Å²) in [5, 5.41) is 5.06. The van der Waals surface area contributed by atoms with E-state index in [4.69, 9.17) is 11.6 Å². The van der Waals surface area contributed by atoms with E-state index in [-0.39, 0.29) is 5.56 Å². The Balaban J connectivity index is 2.42. The van der Waals surface area contributed by atoms with Crippen LogP contribution in [0.5, 0.6) is 0 Å². The smallest absolute Gasteiger partial charge is 0.257 e. The van der Waals surface area contributed by atoms with E-state index in [0.717, 1.165) is 5.39 Å². The van der Waals surface area contributed by atoms with Gasteiger partial charge >= 0.3 is 0 Å². The summed E-state index contributed by atoms with van der Waals surface area (Å²) in [5.74, 6) is 0.644. The minimum Gasteiger partial charge on any atom is -0.367 e. The number of anilines is 1. The second-order valence-corrected chi connectivity index (χ2v) is 4.00. The van der Waals surface area contributed by atoms with E-state index >= 15 is 0 Å². The van der Waals surface area contributed by atoms with Gasteiger partial charge in [0.05, 0.1) is 6.54 Å². The summed E-state index contributed by atoms with van der Waals surface area (Å²) < 4.78 is 0. The molecule has 0 atom stereocenters. The SMILES string of the molecule is C=C(Cl)CNc1cc2ccccc2c(=O)[nH]1. The Bertz CT molecular complexity index is 589. The Morgan fingerprint density at radius 1 is 1.44 bits per heavy atom. The number of halogens is 1. The van der Waals surface area contributed by atoms with Crippen LogP contribution in [0.25, 0.3) is 10.8 Å². The number of hydrogen-bond acceptors (Lipinski definition) is 2. The molecule has 16 heavy (non-hydrogen) atoms. The molecule has 0 saturated carbocycles. The summed E-state index contributed by atoms with van der Waals surface area (Å²) in [6, 6.07) is 9.29. The molecule has 82 valence electrons. The number of fused-ring (bicyclic) bond motifs is 1. The summed E-state index contributed by atoms with van der Waals surface area (Å²) in [5.41, 5.74) is -0.110. The molecule has 2 N–H and O–H groups in total. The summed E-state index contributed by atoms with van der Waals surface area (Å²) >= 11 is 5.64. The van der Waals surface area contributed by atoms with Crippen molar-refractivity contribution >= 4 is 28.2 Å². The van der Waals surface area contributed by atoms with Gasteiger partial charge in [-0.05, 0) is 17.5 Å². The summed E-state index contributed by atoms with van der Waals surface area (Å²) in [4.78, 5) is 14.4. The molecule has 0 amide bonds. The molecule has 0 aliphatic heterocycles. The molecule has 3 nitrogen and oxygen atoms in total. The van der Waals surface area contributed by atoms with Crippen molar-refractivity contribution in [2.45, 2.75) is 0 Å². The van der Waals surface area contributed by atoms with Crippen LogP contribution in [0.15, 0.2) is 46.7 Å². The van der Waals surface area contributed by atoms with E-state index < -0.39 is 0 Å². The molecule has 0 unspecified atom stereocenters. The molecule has 4 heteroatoms. The van der Waals surface area contributed by atoms with Gasteiger partial charge in [0.2, 0.25) is 0 Å². The van der Waals surface area contributed by atoms with E-state index in [1.54, 1.807) is 6.07 Å². The Labute approximate surface area is 97.8 Å². The van der Waals surface area contributed by atoms with Gasteiger partial charge in [-0.3, -0.25) is 4.79 Å². The van der Waals surface area contributed by atoms with Crippen molar-refractivity contribution in [2.75, 3.05) is 11.9 Å². The van der Waals surface area contributed by atoms with Crippen LogP contribution in [0.2, 0.25) is 0 Å². The van der Waals surface area contributed by atoms with Gasteiger partial charge in [-0.2, -0.15) is 0 Å². The van der Waals surface area contributed by atoms with E-state index in [2.05, 4.69) is 16.9 Å². The number of benzene rings is 1. The molecular formula is C12H11ClN2O. The van der Waals surface area contributed by atoms with Crippen LogP contribution in [-0.2, 0) is 0 Å². The van der Waals surface area contributed by atoms with Gasteiger partial charge in [-0.15, -0.1) is 0 Å². The summed E-state index contributed by atoms with van der Waals surface area (Å²) in [6.07, 6.45) is 0. The van der Waals surface area contributed by atoms with Crippen LogP contribution < -0.4 is 10.9 Å². The maximum absolute atomic E-state index is 11.7. The van der Waals surface area contributed by atoms with Crippen LogP contribution in [0.4, 0.5) is 5.82 Å². The highest BCUT2D eigenvalue weighted by Crippen LogP contribution is 2.12. The van der Waals surface area contributed by atoms with E-state index in [1.165, 1.54) is 0 Å². The predicted octanol–water partition coefficient (Wildman–Crippen LogP) is 2.69. The molecule has 0 saturated heterocycles. The van der Waals surface area contributed by atoms with Crippen LogP contribution in [-0.4, -0.2) is 11.5 Å². The summed E-state index contributed by atoms with van der Waals surface area (Å²) in [6.45, 7) is 3.99. The topological polar surface area (TPSA) is 44.9 Å². The Hall–Kier alpha value is -1.74. The van der Waals surface area contributed by atoms with Crippen LogP contribution in [0.1, 0.15) is 0 Å². The molecule has 0 aliphatic rings. The lowest BCUT2D eigenvalue weighted by Crippen LogP contribution is -2.11. The minimum atomic E-state index is -0.110. The minimum absolute atomic E-state index is 0.110.